The number of ether oxygens (including phenoxy) is 1. The van der Waals surface area contributed by atoms with Gasteiger partial charge in [-0.05, 0) is 56.2 Å². The maximum absolute atomic E-state index is 12.9. The summed E-state index contributed by atoms with van der Waals surface area (Å²) in [6.07, 6.45) is 5.26. The minimum absolute atomic E-state index is 0.0276. The lowest BCUT2D eigenvalue weighted by Gasteiger charge is -2.27. The molecule has 6 heteroatoms. The number of esters is 1. The van der Waals surface area contributed by atoms with E-state index >= 15 is 0 Å². The minimum Gasteiger partial charge on any atom is -0.469 e. The van der Waals surface area contributed by atoms with Gasteiger partial charge in [0.15, 0.2) is 0 Å². The number of amides is 1. The SMILES string of the molecule is COC(=O)C1CCC(NC(=O)c2c(C)ccn(CCc3ccccc3)c2=O)CC1. The van der Waals surface area contributed by atoms with Gasteiger partial charge in [-0.3, -0.25) is 14.4 Å². The Morgan fingerprint density at radius 3 is 2.45 bits per heavy atom. The molecule has 1 amide bonds. The van der Waals surface area contributed by atoms with E-state index in [2.05, 4.69) is 5.32 Å². The predicted octanol–water partition coefficient (Wildman–Crippen LogP) is 2.86. The first kappa shape index (κ1) is 20.8. The molecule has 1 N–H and O–H groups in total. The maximum atomic E-state index is 12.9. The molecule has 0 saturated heterocycles. The van der Waals surface area contributed by atoms with E-state index in [4.69, 9.17) is 4.74 Å². The highest BCUT2D eigenvalue weighted by molar-refractivity contribution is 5.95. The molecule has 154 valence electrons. The number of hydrogen-bond donors (Lipinski definition) is 1. The Kier molecular flexibility index (Phi) is 6.86. The standard InChI is InChI=1S/C23H28N2O4/c1-16-12-14-25(15-13-17-6-4-3-5-7-17)22(27)20(16)21(26)24-19-10-8-18(9-11-19)23(28)29-2/h3-7,12,14,18-19H,8-11,13,15H2,1-2H3,(H,24,26). The number of carbonyl (C=O) groups excluding carboxylic acids is 2. The zero-order valence-electron chi connectivity index (χ0n) is 17.0. The number of aromatic nitrogens is 1. The number of nitrogens with one attached hydrogen (secondary N) is 1. The molecule has 1 fully saturated rings. The molecular weight excluding hydrogens is 368 g/mol. The number of carbonyl (C=O) groups is 2. The Balaban J connectivity index is 1.66. The summed E-state index contributed by atoms with van der Waals surface area (Å²) in [4.78, 5) is 37.4. The van der Waals surface area contributed by atoms with Crippen LogP contribution in [0.1, 0.15) is 47.2 Å². The summed E-state index contributed by atoms with van der Waals surface area (Å²) in [7, 11) is 1.40. The highest BCUT2D eigenvalue weighted by atomic mass is 16.5. The van der Waals surface area contributed by atoms with Crippen LogP contribution >= 0.6 is 0 Å². The van der Waals surface area contributed by atoms with Crippen LogP contribution in [-0.4, -0.2) is 29.6 Å². The van der Waals surface area contributed by atoms with E-state index in [0.717, 1.165) is 12.0 Å². The van der Waals surface area contributed by atoms with Gasteiger partial charge in [0, 0.05) is 18.8 Å². The molecule has 3 rings (SSSR count). The van der Waals surface area contributed by atoms with Crippen LogP contribution in [0, 0.1) is 12.8 Å². The molecule has 0 aliphatic heterocycles. The molecule has 1 saturated carbocycles. The van der Waals surface area contributed by atoms with Crippen molar-refractivity contribution in [2.45, 2.75) is 51.6 Å². The Morgan fingerprint density at radius 1 is 1.10 bits per heavy atom. The molecule has 1 heterocycles. The number of methoxy groups -OCH3 is 1. The first-order chi connectivity index (χ1) is 14.0. The number of benzene rings is 1. The van der Waals surface area contributed by atoms with Crippen LogP contribution in [0.2, 0.25) is 0 Å². The highest BCUT2D eigenvalue weighted by Gasteiger charge is 2.28. The largest absolute Gasteiger partial charge is 0.469 e. The van der Waals surface area contributed by atoms with E-state index in [1.807, 2.05) is 36.4 Å². The fourth-order valence-electron chi connectivity index (χ4n) is 3.91. The second-order valence-electron chi connectivity index (χ2n) is 7.65. The Morgan fingerprint density at radius 2 is 1.79 bits per heavy atom. The zero-order chi connectivity index (χ0) is 20.8. The van der Waals surface area contributed by atoms with Crippen molar-refractivity contribution in [2.75, 3.05) is 7.11 Å². The van der Waals surface area contributed by atoms with Gasteiger partial charge in [-0.2, -0.15) is 0 Å². The predicted molar refractivity (Wildman–Crippen MR) is 111 cm³/mol. The molecule has 0 radical (unpaired) electrons. The third-order valence-electron chi connectivity index (χ3n) is 5.68. The van der Waals surface area contributed by atoms with Crippen molar-refractivity contribution in [3.8, 4) is 0 Å². The average molecular weight is 396 g/mol. The van der Waals surface area contributed by atoms with Crippen LogP contribution in [0.4, 0.5) is 0 Å². The average Bonchev–Trinajstić information content (AvgIpc) is 2.74. The summed E-state index contributed by atoms with van der Waals surface area (Å²) < 4.78 is 6.40. The molecule has 1 aromatic heterocycles. The number of hydrogen-bond acceptors (Lipinski definition) is 4. The van der Waals surface area contributed by atoms with Crippen molar-refractivity contribution in [2.24, 2.45) is 5.92 Å². The summed E-state index contributed by atoms with van der Waals surface area (Å²) in [6, 6.07) is 11.7. The van der Waals surface area contributed by atoms with E-state index in [-0.39, 0.29) is 35.0 Å². The molecular formula is C23H28N2O4. The Bertz CT molecular complexity index is 912. The van der Waals surface area contributed by atoms with Crippen LogP contribution in [0.15, 0.2) is 47.4 Å². The van der Waals surface area contributed by atoms with Gasteiger partial charge in [0.05, 0.1) is 13.0 Å². The van der Waals surface area contributed by atoms with E-state index < -0.39 is 0 Å². The lowest BCUT2D eigenvalue weighted by molar-refractivity contribution is -0.146. The smallest absolute Gasteiger partial charge is 0.308 e. The number of rotatable bonds is 6. The fourth-order valence-corrected chi connectivity index (χ4v) is 3.91. The molecule has 0 unspecified atom stereocenters. The number of pyridine rings is 1. The Labute approximate surface area is 170 Å². The topological polar surface area (TPSA) is 77.4 Å². The lowest BCUT2D eigenvalue weighted by Crippen LogP contribution is -2.42. The summed E-state index contributed by atoms with van der Waals surface area (Å²) in [6.45, 7) is 2.31. The summed E-state index contributed by atoms with van der Waals surface area (Å²) in [5, 5.41) is 2.99. The van der Waals surface area contributed by atoms with Gasteiger partial charge in [-0.25, -0.2) is 0 Å². The van der Waals surface area contributed by atoms with E-state index in [1.165, 1.54) is 7.11 Å². The van der Waals surface area contributed by atoms with Crippen LogP contribution in [0.25, 0.3) is 0 Å². The fraction of sp³-hybridized carbons (Fsp3) is 0.435. The molecule has 6 nitrogen and oxygen atoms in total. The second kappa shape index (κ2) is 9.54. The molecule has 0 bridgehead atoms. The van der Waals surface area contributed by atoms with Crippen molar-refractivity contribution < 1.29 is 14.3 Å². The third kappa shape index (κ3) is 5.13. The summed E-state index contributed by atoms with van der Waals surface area (Å²) >= 11 is 0. The van der Waals surface area contributed by atoms with Gasteiger partial charge in [0.1, 0.15) is 5.56 Å². The quantitative estimate of drug-likeness (QED) is 0.762. The van der Waals surface area contributed by atoms with Crippen molar-refractivity contribution in [1.82, 2.24) is 9.88 Å². The minimum atomic E-state index is -0.330. The second-order valence-corrected chi connectivity index (χ2v) is 7.65. The number of aryl methyl sites for hydroxylation is 3. The van der Waals surface area contributed by atoms with Crippen molar-refractivity contribution >= 4 is 11.9 Å². The van der Waals surface area contributed by atoms with Crippen molar-refractivity contribution in [1.29, 1.82) is 0 Å². The van der Waals surface area contributed by atoms with Crippen molar-refractivity contribution in [3.05, 3.63) is 69.6 Å². The van der Waals surface area contributed by atoms with Crippen LogP contribution in [0.3, 0.4) is 0 Å². The van der Waals surface area contributed by atoms with E-state index in [9.17, 15) is 14.4 Å². The van der Waals surface area contributed by atoms with Gasteiger partial charge in [0.25, 0.3) is 11.5 Å². The summed E-state index contributed by atoms with van der Waals surface area (Å²) in [5.41, 5.74) is 1.76. The van der Waals surface area contributed by atoms with Gasteiger partial charge in [0.2, 0.25) is 0 Å². The molecule has 0 spiro atoms. The zero-order valence-corrected chi connectivity index (χ0v) is 17.0. The molecule has 1 aliphatic rings. The monoisotopic (exact) mass is 396 g/mol. The van der Waals surface area contributed by atoms with Crippen LogP contribution in [-0.2, 0) is 22.5 Å². The molecule has 2 aromatic rings. The van der Waals surface area contributed by atoms with Crippen LogP contribution in [0.5, 0.6) is 0 Å². The van der Waals surface area contributed by atoms with Gasteiger partial charge in [-0.1, -0.05) is 30.3 Å². The van der Waals surface area contributed by atoms with Crippen LogP contribution < -0.4 is 10.9 Å². The van der Waals surface area contributed by atoms with Gasteiger partial charge in [-0.15, -0.1) is 0 Å². The molecule has 0 atom stereocenters. The van der Waals surface area contributed by atoms with Gasteiger partial charge >= 0.3 is 5.97 Å². The lowest BCUT2D eigenvalue weighted by atomic mass is 9.86. The van der Waals surface area contributed by atoms with E-state index in [1.54, 1.807) is 17.7 Å². The first-order valence-electron chi connectivity index (χ1n) is 10.1. The normalized spacial score (nSPS) is 18.8. The first-order valence-corrected chi connectivity index (χ1v) is 10.1. The van der Waals surface area contributed by atoms with Gasteiger partial charge < -0.3 is 14.6 Å². The molecule has 1 aliphatic carbocycles. The Hall–Kier alpha value is -2.89. The maximum Gasteiger partial charge on any atom is 0.308 e. The molecule has 1 aromatic carbocycles. The third-order valence-corrected chi connectivity index (χ3v) is 5.68. The highest BCUT2D eigenvalue weighted by Crippen LogP contribution is 2.25. The molecule has 29 heavy (non-hydrogen) atoms. The summed E-state index contributed by atoms with van der Waals surface area (Å²) in [5.74, 6) is -0.611. The van der Waals surface area contributed by atoms with E-state index in [0.29, 0.717) is 37.8 Å². The number of nitrogens with zero attached hydrogens (tertiary/aromatic N) is 1. The van der Waals surface area contributed by atoms with Crippen molar-refractivity contribution in [3.63, 3.8) is 0 Å².